The van der Waals surface area contributed by atoms with E-state index >= 15 is 0 Å². The molecular weight excluding hydrogens is 306 g/mol. The van der Waals surface area contributed by atoms with Crippen LogP contribution in [0.15, 0.2) is 48.5 Å². The average molecular weight is 314 g/mol. The summed E-state index contributed by atoms with van der Waals surface area (Å²) >= 11 is 1.94. The summed E-state index contributed by atoms with van der Waals surface area (Å²) in [4.78, 5) is 0. The minimum Gasteiger partial charge on any atom is -0.454 e. The first-order chi connectivity index (χ1) is 7.27. The maximum absolute atomic E-state index is 13.6. The highest BCUT2D eigenvalue weighted by atomic mass is 127. The molecule has 0 fully saturated rings. The van der Waals surface area contributed by atoms with Crippen LogP contribution in [0.25, 0.3) is 0 Å². The summed E-state index contributed by atoms with van der Waals surface area (Å²) in [6.07, 6.45) is 0. The second kappa shape index (κ2) is 4.61. The van der Waals surface area contributed by atoms with Crippen molar-refractivity contribution in [3.05, 3.63) is 57.9 Å². The van der Waals surface area contributed by atoms with Crippen LogP contribution in [-0.4, -0.2) is 0 Å². The molecule has 0 heterocycles. The SMILES string of the molecule is Fc1c(I)cccc1Oc1ccccc1. The Hall–Kier alpha value is -1.10. The van der Waals surface area contributed by atoms with Crippen molar-refractivity contribution < 1.29 is 9.13 Å². The predicted octanol–water partition coefficient (Wildman–Crippen LogP) is 4.22. The van der Waals surface area contributed by atoms with E-state index in [9.17, 15) is 4.39 Å². The van der Waals surface area contributed by atoms with Gasteiger partial charge in [-0.25, -0.2) is 4.39 Å². The summed E-state index contributed by atoms with van der Waals surface area (Å²) in [5, 5.41) is 0. The minimum absolute atomic E-state index is 0.258. The molecule has 0 radical (unpaired) electrons. The molecule has 0 aliphatic carbocycles. The van der Waals surface area contributed by atoms with E-state index in [2.05, 4.69) is 0 Å². The Bertz CT molecular complexity index is 456. The van der Waals surface area contributed by atoms with E-state index in [1.165, 1.54) is 0 Å². The Kier molecular flexibility index (Phi) is 3.20. The summed E-state index contributed by atoms with van der Waals surface area (Å²) in [7, 11) is 0. The Morgan fingerprint density at radius 3 is 2.40 bits per heavy atom. The van der Waals surface area contributed by atoms with Gasteiger partial charge in [0, 0.05) is 0 Å². The summed E-state index contributed by atoms with van der Waals surface area (Å²) < 4.78 is 19.5. The fraction of sp³-hybridized carbons (Fsp3) is 0. The van der Waals surface area contributed by atoms with Gasteiger partial charge in [0.25, 0.3) is 0 Å². The molecule has 0 spiro atoms. The highest BCUT2D eigenvalue weighted by Crippen LogP contribution is 2.26. The van der Waals surface area contributed by atoms with Gasteiger partial charge in [0.2, 0.25) is 0 Å². The van der Waals surface area contributed by atoms with E-state index in [1.54, 1.807) is 30.3 Å². The molecule has 0 aromatic heterocycles. The molecule has 0 saturated heterocycles. The summed E-state index contributed by atoms with van der Waals surface area (Å²) in [5.41, 5.74) is 0. The third kappa shape index (κ3) is 2.47. The van der Waals surface area contributed by atoms with E-state index in [0.717, 1.165) is 0 Å². The van der Waals surface area contributed by atoms with Crippen molar-refractivity contribution in [2.24, 2.45) is 0 Å². The standard InChI is InChI=1S/C12H8FIO/c13-12-10(14)7-4-8-11(12)15-9-5-2-1-3-6-9/h1-8H. The molecule has 3 heteroatoms. The lowest BCUT2D eigenvalue weighted by Gasteiger charge is -2.06. The van der Waals surface area contributed by atoms with Gasteiger partial charge in [0.15, 0.2) is 11.6 Å². The molecule has 2 rings (SSSR count). The molecule has 15 heavy (non-hydrogen) atoms. The molecule has 0 aliphatic heterocycles. The first-order valence-electron chi connectivity index (χ1n) is 4.44. The van der Waals surface area contributed by atoms with Crippen LogP contribution >= 0.6 is 22.6 Å². The van der Waals surface area contributed by atoms with Crippen LogP contribution in [-0.2, 0) is 0 Å². The van der Waals surface area contributed by atoms with Crippen molar-refractivity contribution in [3.8, 4) is 11.5 Å². The zero-order valence-electron chi connectivity index (χ0n) is 7.78. The molecule has 2 aromatic carbocycles. The first kappa shape index (κ1) is 10.4. The minimum atomic E-state index is -0.318. The van der Waals surface area contributed by atoms with Crippen molar-refractivity contribution >= 4 is 22.6 Å². The smallest absolute Gasteiger partial charge is 0.178 e. The molecule has 0 saturated carbocycles. The lowest BCUT2D eigenvalue weighted by Crippen LogP contribution is -1.90. The molecule has 0 amide bonds. The van der Waals surface area contributed by atoms with E-state index < -0.39 is 0 Å². The molecular formula is C12H8FIO. The molecule has 0 unspecified atom stereocenters. The fourth-order valence-corrected chi connectivity index (χ4v) is 1.65. The Balaban J connectivity index is 2.29. The number of hydrogen-bond donors (Lipinski definition) is 0. The number of hydrogen-bond acceptors (Lipinski definition) is 1. The van der Waals surface area contributed by atoms with Crippen molar-refractivity contribution in [2.75, 3.05) is 0 Å². The fourth-order valence-electron chi connectivity index (χ4n) is 1.18. The van der Waals surface area contributed by atoms with Crippen molar-refractivity contribution in [1.82, 2.24) is 0 Å². The summed E-state index contributed by atoms with van der Waals surface area (Å²) in [5.74, 6) is 0.577. The molecule has 0 N–H and O–H groups in total. The van der Waals surface area contributed by atoms with Crippen molar-refractivity contribution in [3.63, 3.8) is 0 Å². The molecule has 2 aromatic rings. The Morgan fingerprint density at radius 1 is 0.933 bits per heavy atom. The highest BCUT2D eigenvalue weighted by Gasteiger charge is 2.07. The Labute approximate surface area is 101 Å². The van der Waals surface area contributed by atoms with Gasteiger partial charge in [-0.2, -0.15) is 0 Å². The van der Waals surface area contributed by atoms with E-state index in [-0.39, 0.29) is 11.6 Å². The lowest BCUT2D eigenvalue weighted by atomic mass is 10.3. The van der Waals surface area contributed by atoms with Gasteiger partial charge < -0.3 is 4.74 Å². The lowest BCUT2D eigenvalue weighted by molar-refractivity contribution is 0.440. The second-order valence-corrected chi connectivity index (χ2v) is 4.13. The zero-order valence-corrected chi connectivity index (χ0v) is 9.94. The molecule has 76 valence electrons. The third-order valence-corrected chi connectivity index (χ3v) is 2.72. The van der Waals surface area contributed by atoms with Gasteiger partial charge in [0.1, 0.15) is 5.75 Å². The van der Waals surface area contributed by atoms with Gasteiger partial charge >= 0.3 is 0 Å². The van der Waals surface area contributed by atoms with Crippen LogP contribution in [0.5, 0.6) is 11.5 Å². The van der Waals surface area contributed by atoms with Gasteiger partial charge in [-0.15, -0.1) is 0 Å². The monoisotopic (exact) mass is 314 g/mol. The quantitative estimate of drug-likeness (QED) is 0.754. The number of ether oxygens (including phenoxy) is 1. The normalized spacial score (nSPS) is 10.0. The zero-order chi connectivity index (χ0) is 10.7. The van der Waals surface area contributed by atoms with Crippen LogP contribution in [0, 0.1) is 9.39 Å². The van der Waals surface area contributed by atoms with Crippen LogP contribution in [0.2, 0.25) is 0 Å². The average Bonchev–Trinajstić information content (AvgIpc) is 2.26. The van der Waals surface area contributed by atoms with E-state index in [0.29, 0.717) is 9.32 Å². The van der Waals surface area contributed by atoms with Gasteiger partial charge in [0.05, 0.1) is 3.57 Å². The van der Waals surface area contributed by atoms with Crippen molar-refractivity contribution in [2.45, 2.75) is 0 Å². The number of rotatable bonds is 2. The second-order valence-electron chi connectivity index (χ2n) is 2.97. The number of para-hydroxylation sites is 1. The highest BCUT2D eigenvalue weighted by molar-refractivity contribution is 14.1. The van der Waals surface area contributed by atoms with Crippen LogP contribution in [0.1, 0.15) is 0 Å². The first-order valence-corrected chi connectivity index (χ1v) is 5.52. The largest absolute Gasteiger partial charge is 0.454 e. The predicted molar refractivity (Wildman–Crippen MR) is 65.6 cm³/mol. The van der Waals surface area contributed by atoms with Crippen molar-refractivity contribution in [1.29, 1.82) is 0 Å². The van der Waals surface area contributed by atoms with Gasteiger partial charge in [-0.1, -0.05) is 24.3 Å². The summed E-state index contributed by atoms with van der Waals surface area (Å²) in [6.45, 7) is 0. The maximum atomic E-state index is 13.6. The number of halogens is 2. The van der Waals surface area contributed by atoms with E-state index in [1.807, 2.05) is 40.8 Å². The molecule has 1 nitrogen and oxygen atoms in total. The topological polar surface area (TPSA) is 9.23 Å². The molecule has 0 bridgehead atoms. The van der Waals surface area contributed by atoms with E-state index in [4.69, 9.17) is 4.74 Å². The summed E-state index contributed by atoms with van der Waals surface area (Å²) in [6, 6.07) is 14.3. The number of benzene rings is 2. The molecule has 0 aliphatic rings. The maximum Gasteiger partial charge on any atom is 0.178 e. The van der Waals surface area contributed by atoms with Gasteiger partial charge in [-0.3, -0.25) is 0 Å². The van der Waals surface area contributed by atoms with Crippen LogP contribution in [0.3, 0.4) is 0 Å². The van der Waals surface area contributed by atoms with Gasteiger partial charge in [-0.05, 0) is 46.9 Å². The molecule has 0 atom stereocenters. The Morgan fingerprint density at radius 2 is 1.67 bits per heavy atom. The van der Waals surface area contributed by atoms with Crippen LogP contribution < -0.4 is 4.74 Å². The van der Waals surface area contributed by atoms with Crippen LogP contribution in [0.4, 0.5) is 4.39 Å². The third-order valence-electron chi connectivity index (χ3n) is 1.89.